The van der Waals surface area contributed by atoms with Crippen molar-refractivity contribution in [3.63, 3.8) is 0 Å². The Hall–Kier alpha value is -0.880. The summed E-state index contributed by atoms with van der Waals surface area (Å²) in [5.74, 6) is 0.897. The number of rotatable bonds is 9. The molecular formula is C15H27N3O2S. The smallest absolute Gasteiger partial charge is 0.245 e. The highest BCUT2D eigenvalue weighted by atomic mass is 32.1. The van der Waals surface area contributed by atoms with Gasteiger partial charge in [0.25, 0.3) is 0 Å². The highest BCUT2D eigenvalue weighted by Gasteiger charge is 2.56. The second-order valence-corrected chi connectivity index (χ2v) is 6.46. The van der Waals surface area contributed by atoms with Gasteiger partial charge in [-0.25, -0.2) is 4.99 Å². The summed E-state index contributed by atoms with van der Waals surface area (Å²) in [6.45, 7) is 7.23. The highest BCUT2D eigenvalue weighted by Crippen LogP contribution is 2.57. The van der Waals surface area contributed by atoms with Crippen molar-refractivity contribution in [3.8, 4) is 0 Å². The maximum Gasteiger partial charge on any atom is 0.245 e. The molecule has 4 atom stereocenters. The predicted octanol–water partition coefficient (Wildman–Crippen LogP) is 1.56. The first kappa shape index (κ1) is 18.2. The lowest BCUT2D eigenvalue weighted by Crippen LogP contribution is -2.53. The summed E-state index contributed by atoms with van der Waals surface area (Å²) >= 11 is 4.27. The molecule has 1 aliphatic carbocycles. The van der Waals surface area contributed by atoms with E-state index < -0.39 is 0 Å². The molecule has 3 N–H and O–H groups in total. The van der Waals surface area contributed by atoms with Crippen LogP contribution < -0.4 is 11.1 Å². The molecule has 5 nitrogen and oxygen atoms in total. The Labute approximate surface area is 132 Å². The Morgan fingerprint density at radius 3 is 2.76 bits per heavy atom. The summed E-state index contributed by atoms with van der Waals surface area (Å²) in [6.07, 6.45) is 3.69. The number of nitrogens with zero attached hydrogens (tertiary/aromatic N) is 1. The fourth-order valence-electron chi connectivity index (χ4n) is 3.01. The largest absolute Gasteiger partial charge is 0.351 e. The second-order valence-electron chi connectivity index (χ2n) is 6.10. The standard InChI is InChI=1S/C15H27N3O2S/c1-4-12(19)18-14(11(16)9-21)15(2)8-10(15)6-5-7-13(20)17-3/h10-11,14,21H,3-9,16H2,1-2H3,(H,18,19)/t10?,11?,14-,15?/m0/s1. The minimum atomic E-state index is -0.157. The monoisotopic (exact) mass is 313 g/mol. The number of thiol groups is 1. The number of nitrogens with two attached hydrogens (primary N) is 1. The molecule has 120 valence electrons. The lowest BCUT2D eigenvalue weighted by Gasteiger charge is -2.31. The van der Waals surface area contributed by atoms with Gasteiger partial charge in [0.1, 0.15) is 0 Å². The van der Waals surface area contributed by atoms with Gasteiger partial charge in [-0.15, -0.1) is 0 Å². The van der Waals surface area contributed by atoms with Gasteiger partial charge in [-0.2, -0.15) is 12.6 Å². The van der Waals surface area contributed by atoms with Crippen LogP contribution in [0.15, 0.2) is 4.99 Å². The minimum Gasteiger partial charge on any atom is -0.351 e. The summed E-state index contributed by atoms with van der Waals surface area (Å²) < 4.78 is 0. The van der Waals surface area contributed by atoms with Gasteiger partial charge in [0.05, 0.1) is 6.04 Å². The normalized spacial score (nSPS) is 26.8. The van der Waals surface area contributed by atoms with Crippen LogP contribution in [0.2, 0.25) is 0 Å². The third-order valence-corrected chi connectivity index (χ3v) is 4.99. The van der Waals surface area contributed by atoms with Crippen LogP contribution in [0.25, 0.3) is 0 Å². The number of hydrogen-bond acceptors (Lipinski definition) is 4. The number of nitrogens with one attached hydrogen (secondary N) is 1. The average molecular weight is 313 g/mol. The number of carbonyl (C=O) groups is 2. The number of hydrogen-bond donors (Lipinski definition) is 3. The molecule has 0 radical (unpaired) electrons. The van der Waals surface area contributed by atoms with Crippen LogP contribution in [0, 0.1) is 11.3 Å². The fourth-order valence-corrected chi connectivity index (χ4v) is 3.22. The molecule has 0 saturated heterocycles. The van der Waals surface area contributed by atoms with Gasteiger partial charge in [-0.05, 0) is 37.3 Å². The Bertz CT molecular complexity index is 402. The van der Waals surface area contributed by atoms with Crippen LogP contribution in [0.3, 0.4) is 0 Å². The molecule has 0 aromatic heterocycles. The van der Waals surface area contributed by atoms with Crippen molar-refractivity contribution in [2.45, 2.75) is 58.0 Å². The Morgan fingerprint density at radius 1 is 1.57 bits per heavy atom. The van der Waals surface area contributed by atoms with Crippen LogP contribution in [-0.2, 0) is 9.59 Å². The first-order chi connectivity index (χ1) is 9.88. The van der Waals surface area contributed by atoms with E-state index in [-0.39, 0.29) is 29.3 Å². The van der Waals surface area contributed by atoms with Crippen molar-refractivity contribution in [1.29, 1.82) is 0 Å². The van der Waals surface area contributed by atoms with Crippen molar-refractivity contribution in [2.75, 3.05) is 5.75 Å². The molecule has 0 aliphatic heterocycles. The van der Waals surface area contributed by atoms with Gasteiger partial charge < -0.3 is 11.1 Å². The molecule has 3 unspecified atom stereocenters. The zero-order chi connectivity index (χ0) is 16.0. The summed E-state index contributed by atoms with van der Waals surface area (Å²) in [5.41, 5.74) is 6.15. The molecule has 0 spiro atoms. The first-order valence-corrected chi connectivity index (χ1v) is 8.17. The van der Waals surface area contributed by atoms with E-state index in [4.69, 9.17) is 5.73 Å². The van der Waals surface area contributed by atoms with Crippen molar-refractivity contribution >= 4 is 31.2 Å². The van der Waals surface area contributed by atoms with Crippen molar-refractivity contribution in [3.05, 3.63) is 0 Å². The van der Waals surface area contributed by atoms with Gasteiger partial charge in [0, 0.05) is 24.6 Å². The maximum absolute atomic E-state index is 11.7. The van der Waals surface area contributed by atoms with E-state index in [2.05, 4.69) is 36.6 Å². The number of amides is 2. The summed E-state index contributed by atoms with van der Waals surface area (Å²) in [7, 11) is 0. The van der Waals surface area contributed by atoms with Gasteiger partial charge >= 0.3 is 0 Å². The quantitative estimate of drug-likeness (QED) is 0.446. The second kappa shape index (κ2) is 7.94. The zero-order valence-corrected chi connectivity index (χ0v) is 13.9. The van der Waals surface area contributed by atoms with E-state index in [1.165, 1.54) is 0 Å². The van der Waals surface area contributed by atoms with Gasteiger partial charge in [-0.1, -0.05) is 13.8 Å². The average Bonchev–Trinajstić information content (AvgIpc) is 3.14. The molecule has 1 saturated carbocycles. The van der Waals surface area contributed by atoms with Crippen LogP contribution >= 0.6 is 12.6 Å². The van der Waals surface area contributed by atoms with E-state index in [0.717, 1.165) is 19.3 Å². The lowest BCUT2D eigenvalue weighted by atomic mass is 9.89. The summed E-state index contributed by atoms with van der Waals surface area (Å²) in [4.78, 5) is 26.2. The van der Waals surface area contributed by atoms with E-state index in [1.54, 1.807) is 0 Å². The maximum atomic E-state index is 11.7. The lowest BCUT2D eigenvalue weighted by molar-refractivity contribution is -0.122. The third-order valence-electron chi connectivity index (χ3n) is 4.57. The zero-order valence-electron chi connectivity index (χ0n) is 13.0. The fraction of sp³-hybridized carbons (Fsp3) is 0.800. The molecule has 0 heterocycles. The third kappa shape index (κ3) is 4.81. The van der Waals surface area contributed by atoms with Crippen LogP contribution in [0.1, 0.15) is 46.0 Å². The van der Waals surface area contributed by atoms with Crippen LogP contribution in [-0.4, -0.2) is 36.4 Å². The van der Waals surface area contributed by atoms with Gasteiger partial charge in [0.2, 0.25) is 11.8 Å². The molecule has 0 bridgehead atoms. The number of carbonyl (C=O) groups excluding carboxylic acids is 2. The molecule has 2 amide bonds. The van der Waals surface area contributed by atoms with Gasteiger partial charge in [-0.3, -0.25) is 9.59 Å². The Kier molecular flexibility index (Phi) is 6.87. The molecule has 1 fully saturated rings. The Morgan fingerprint density at radius 2 is 2.24 bits per heavy atom. The molecule has 0 aromatic rings. The molecular weight excluding hydrogens is 286 g/mol. The summed E-state index contributed by atoms with van der Waals surface area (Å²) in [6, 6.07) is -0.212. The van der Waals surface area contributed by atoms with Crippen LogP contribution in [0.5, 0.6) is 0 Å². The minimum absolute atomic E-state index is 0.0115. The van der Waals surface area contributed by atoms with E-state index in [0.29, 0.717) is 24.5 Å². The Balaban J connectivity index is 2.56. The molecule has 0 aromatic carbocycles. The molecule has 1 rings (SSSR count). The number of aliphatic imine (C=N–C) groups is 1. The van der Waals surface area contributed by atoms with E-state index >= 15 is 0 Å². The molecule has 6 heteroatoms. The van der Waals surface area contributed by atoms with Crippen molar-refractivity contribution in [2.24, 2.45) is 22.1 Å². The highest BCUT2D eigenvalue weighted by molar-refractivity contribution is 7.80. The van der Waals surface area contributed by atoms with E-state index in [1.807, 2.05) is 6.92 Å². The van der Waals surface area contributed by atoms with Gasteiger partial charge in [0.15, 0.2) is 0 Å². The SMILES string of the molecule is C=NC(=O)CCCC1CC1(C)[C@@H](NC(=O)CC)C(N)CS. The van der Waals surface area contributed by atoms with E-state index in [9.17, 15) is 9.59 Å². The van der Waals surface area contributed by atoms with Crippen molar-refractivity contribution in [1.82, 2.24) is 5.32 Å². The molecule has 21 heavy (non-hydrogen) atoms. The van der Waals surface area contributed by atoms with Crippen LogP contribution in [0.4, 0.5) is 0 Å². The first-order valence-electron chi connectivity index (χ1n) is 7.54. The van der Waals surface area contributed by atoms with Crippen molar-refractivity contribution < 1.29 is 9.59 Å². The molecule has 1 aliphatic rings. The predicted molar refractivity (Wildman–Crippen MR) is 88.7 cm³/mol. The topological polar surface area (TPSA) is 84.5 Å². The summed E-state index contributed by atoms with van der Waals surface area (Å²) in [5, 5.41) is 3.05.